The molecule has 0 spiro atoms. The molecule has 0 bridgehead atoms. The highest BCUT2D eigenvalue weighted by Gasteiger charge is 2.15. The quantitative estimate of drug-likeness (QED) is 0.914. The van der Waals surface area contributed by atoms with Crippen LogP contribution < -0.4 is 5.73 Å². The third-order valence-electron chi connectivity index (χ3n) is 3.41. The standard InChI is InChI=1S/C14H22N4S/c1-5-9(2)18-7-6-12(17-18)8-13(15)14-10(3)16-11(4)19-14/h6-7,9,13H,5,8,15H2,1-4H3. The van der Waals surface area contributed by atoms with E-state index in [1.54, 1.807) is 11.3 Å². The van der Waals surface area contributed by atoms with E-state index >= 15 is 0 Å². The van der Waals surface area contributed by atoms with Gasteiger partial charge in [0.1, 0.15) is 0 Å². The van der Waals surface area contributed by atoms with E-state index in [-0.39, 0.29) is 6.04 Å². The average molecular weight is 278 g/mol. The van der Waals surface area contributed by atoms with E-state index in [4.69, 9.17) is 5.73 Å². The average Bonchev–Trinajstić information content (AvgIpc) is 2.95. The Morgan fingerprint density at radius 1 is 1.42 bits per heavy atom. The molecule has 0 saturated carbocycles. The molecule has 2 N–H and O–H groups in total. The lowest BCUT2D eigenvalue weighted by Gasteiger charge is -2.10. The van der Waals surface area contributed by atoms with Gasteiger partial charge in [-0.05, 0) is 33.3 Å². The third kappa shape index (κ3) is 3.22. The van der Waals surface area contributed by atoms with Crippen molar-refractivity contribution in [1.82, 2.24) is 14.8 Å². The molecule has 0 aromatic carbocycles. The lowest BCUT2D eigenvalue weighted by atomic mass is 10.1. The van der Waals surface area contributed by atoms with Gasteiger partial charge in [0, 0.05) is 29.6 Å². The van der Waals surface area contributed by atoms with Crippen LogP contribution in [0.25, 0.3) is 0 Å². The summed E-state index contributed by atoms with van der Waals surface area (Å²) in [7, 11) is 0. The third-order valence-corrected chi connectivity index (χ3v) is 4.62. The van der Waals surface area contributed by atoms with Gasteiger partial charge in [0.15, 0.2) is 0 Å². The maximum atomic E-state index is 6.28. The number of thiazole rings is 1. The SMILES string of the molecule is CCC(C)n1ccc(CC(N)c2sc(C)nc2C)n1. The summed E-state index contributed by atoms with van der Waals surface area (Å²) < 4.78 is 2.02. The van der Waals surface area contributed by atoms with Gasteiger partial charge in [-0.25, -0.2) is 4.98 Å². The summed E-state index contributed by atoms with van der Waals surface area (Å²) in [5, 5.41) is 5.68. The fourth-order valence-corrected chi connectivity index (χ4v) is 3.06. The molecule has 4 nitrogen and oxygen atoms in total. The van der Waals surface area contributed by atoms with Crippen LogP contribution in [0.1, 0.15) is 53.6 Å². The summed E-state index contributed by atoms with van der Waals surface area (Å²) in [6.45, 7) is 8.39. The van der Waals surface area contributed by atoms with Crippen molar-refractivity contribution in [3.63, 3.8) is 0 Å². The van der Waals surface area contributed by atoms with Crippen LogP contribution >= 0.6 is 11.3 Å². The van der Waals surface area contributed by atoms with E-state index in [9.17, 15) is 0 Å². The first kappa shape index (κ1) is 14.2. The maximum absolute atomic E-state index is 6.28. The summed E-state index contributed by atoms with van der Waals surface area (Å²) in [5.41, 5.74) is 8.39. The highest BCUT2D eigenvalue weighted by molar-refractivity contribution is 7.11. The van der Waals surface area contributed by atoms with Gasteiger partial charge < -0.3 is 5.73 Å². The minimum Gasteiger partial charge on any atom is -0.323 e. The Morgan fingerprint density at radius 2 is 2.16 bits per heavy atom. The zero-order chi connectivity index (χ0) is 14.0. The van der Waals surface area contributed by atoms with Crippen molar-refractivity contribution >= 4 is 11.3 Å². The molecule has 0 saturated heterocycles. The topological polar surface area (TPSA) is 56.7 Å². The smallest absolute Gasteiger partial charge is 0.0900 e. The lowest BCUT2D eigenvalue weighted by molar-refractivity contribution is 0.472. The first-order valence-corrected chi connectivity index (χ1v) is 7.56. The van der Waals surface area contributed by atoms with E-state index in [1.807, 2.05) is 24.7 Å². The molecule has 0 radical (unpaired) electrons. The summed E-state index contributed by atoms with van der Waals surface area (Å²) >= 11 is 1.69. The lowest BCUT2D eigenvalue weighted by Crippen LogP contribution is -2.14. The van der Waals surface area contributed by atoms with E-state index in [0.29, 0.717) is 6.04 Å². The summed E-state index contributed by atoms with van der Waals surface area (Å²) in [6, 6.07) is 2.50. The molecule has 0 aliphatic heterocycles. The second-order valence-corrected chi connectivity index (χ2v) is 6.27. The normalized spacial score (nSPS) is 14.6. The fraction of sp³-hybridized carbons (Fsp3) is 0.571. The van der Waals surface area contributed by atoms with Crippen LogP contribution in [0, 0.1) is 13.8 Å². The number of aromatic nitrogens is 3. The Bertz CT molecular complexity index is 543. The molecule has 2 heterocycles. The number of hydrogen-bond acceptors (Lipinski definition) is 4. The van der Waals surface area contributed by atoms with E-state index in [2.05, 4.69) is 30.0 Å². The van der Waals surface area contributed by atoms with Crippen molar-refractivity contribution in [2.45, 2.75) is 52.6 Å². The molecular formula is C14H22N4S. The van der Waals surface area contributed by atoms with Gasteiger partial charge in [-0.15, -0.1) is 11.3 Å². The van der Waals surface area contributed by atoms with Crippen LogP contribution in [-0.4, -0.2) is 14.8 Å². The molecule has 2 unspecified atom stereocenters. The monoisotopic (exact) mass is 278 g/mol. The molecule has 2 aromatic rings. The Morgan fingerprint density at radius 3 is 2.74 bits per heavy atom. The molecule has 0 aliphatic carbocycles. The highest BCUT2D eigenvalue weighted by atomic mass is 32.1. The molecular weight excluding hydrogens is 256 g/mol. The van der Waals surface area contributed by atoms with E-state index in [0.717, 1.165) is 29.2 Å². The zero-order valence-corrected chi connectivity index (χ0v) is 12.9. The van der Waals surface area contributed by atoms with Crippen molar-refractivity contribution in [3.8, 4) is 0 Å². The van der Waals surface area contributed by atoms with Gasteiger partial charge >= 0.3 is 0 Å². The summed E-state index contributed by atoms with van der Waals surface area (Å²) in [4.78, 5) is 5.61. The van der Waals surface area contributed by atoms with Crippen molar-refractivity contribution in [3.05, 3.63) is 33.5 Å². The van der Waals surface area contributed by atoms with Gasteiger partial charge in [-0.2, -0.15) is 5.10 Å². The molecule has 2 aromatic heterocycles. The van der Waals surface area contributed by atoms with E-state index < -0.39 is 0 Å². The van der Waals surface area contributed by atoms with Crippen LogP contribution in [0.4, 0.5) is 0 Å². The van der Waals surface area contributed by atoms with Crippen LogP contribution in [-0.2, 0) is 6.42 Å². The fourth-order valence-electron chi connectivity index (χ4n) is 2.13. The van der Waals surface area contributed by atoms with Gasteiger partial charge in [-0.3, -0.25) is 4.68 Å². The van der Waals surface area contributed by atoms with E-state index in [1.165, 1.54) is 4.88 Å². The molecule has 0 aliphatic rings. The zero-order valence-electron chi connectivity index (χ0n) is 12.1. The number of hydrogen-bond donors (Lipinski definition) is 1. The highest BCUT2D eigenvalue weighted by Crippen LogP contribution is 2.25. The maximum Gasteiger partial charge on any atom is 0.0900 e. The number of aryl methyl sites for hydroxylation is 2. The van der Waals surface area contributed by atoms with Gasteiger partial charge in [0.2, 0.25) is 0 Å². The molecule has 2 atom stereocenters. The molecule has 104 valence electrons. The summed E-state index contributed by atoms with van der Waals surface area (Å²) in [5.74, 6) is 0. The van der Waals surface area contributed by atoms with Crippen LogP contribution in [0.15, 0.2) is 12.3 Å². The molecule has 2 rings (SSSR count). The number of nitrogens with zero attached hydrogens (tertiary/aromatic N) is 3. The van der Waals surface area contributed by atoms with Gasteiger partial charge in [0.25, 0.3) is 0 Å². The predicted octanol–water partition coefficient (Wildman–Crippen LogP) is 3.17. The van der Waals surface area contributed by atoms with Gasteiger partial charge in [-0.1, -0.05) is 6.92 Å². The Labute approximate surface area is 118 Å². The van der Waals surface area contributed by atoms with Crippen LogP contribution in [0.2, 0.25) is 0 Å². The Balaban J connectivity index is 2.08. The molecule has 5 heteroatoms. The first-order chi connectivity index (χ1) is 9.01. The predicted molar refractivity (Wildman–Crippen MR) is 79.4 cm³/mol. The van der Waals surface area contributed by atoms with Crippen LogP contribution in [0.5, 0.6) is 0 Å². The Kier molecular flexibility index (Phi) is 4.37. The second kappa shape index (κ2) is 5.84. The molecule has 0 amide bonds. The molecule has 19 heavy (non-hydrogen) atoms. The van der Waals surface area contributed by atoms with Crippen molar-refractivity contribution in [2.75, 3.05) is 0 Å². The van der Waals surface area contributed by atoms with Crippen LogP contribution in [0.3, 0.4) is 0 Å². The Hall–Kier alpha value is -1.20. The minimum absolute atomic E-state index is 0.00789. The minimum atomic E-state index is -0.00789. The molecule has 0 fully saturated rings. The van der Waals surface area contributed by atoms with Crippen molar-refractivity contribution < 1.29 is 0 Å². The largest absolute Gasteiger partial charge is 0.323 e. The van der Waals surface area contributed by atoms with Gasteiger partial charge in [0.05, 0.1) is 16.4 Å². The number of nitrogens with two attached hydrogens (primary N) is 1. The second-order valence-electron chi connectivity index (χ2n) is 5.04. The first-order valence-electron chi connectivity index (χ1n) is 6.74. The number of rotatable bonds is 5. The van der Waals surface area contributed by atoms with Crippen molar-refractivity contribution in [2.24, 2.45) is 5.73 Å². The van der Waals surface area contributed by atoms with Crippen molar-refractivity contribution in [1.29, 1.82) is 0 Å². The summed E-state index contributed by atoms with van der Waals surface area (Å²) in [6.07, 6.45) is 3.90.